The molecule has 0 aliphatic heterocycles. The minimum Gasteiger partial charge on any atom is -0.693 e. The van der Waals surface area contributed by atoms with Gasteiger partial charge in [0.15, 0.2) is 0 Å². The molecule has 0 radical (unpaired) electrons. The van der Waals surface area contributed by atoms with E-state index >= 15 is 0 Å². The van der Waals surface area contributed by atoms with Crippen LogP contribution < -0.4 is 18.9 Å². The minimum absolute atomic E-state index is 0. The van der Waals surface area contributed by atoms with Crippen molar-refractivity contribution in [1.82, 2.24) is 0 Å². The SMILES string of the molecule is [C-]#CC(C)(C)C.[Li+]. The summed E-state index contributed by atoms with van der Waals surface area (Å²) in [7, 11) is 0. The molecule has 0 fully saturated rings. The Morgan fingerprint density at radius 1 is 1.29 bits per heavy atom. The van der Waals surface area contributed by atoms with E-state index in [0.717, 1.165) is 0 Å². The van der Waals surface area contributed by atoms with Gasteiger partial charge in [-0.05, 0) is 5.41 Å². The largest absolute Gasteiger partial charge is 1.00 e. The van der Waals surface area contributed by atoms with Crippen molar-refractivity contribution in [3.8, 4) is 5.92 Å². The van der Waals surface area contributed by atoms with Crippen LogP contribution in [0.5, 0.6) is 0 Å². The maximum atomic E-state index is 6.60. The molecule has 0 spiro atoms. The summed E-state index contributed by atoms with van der Waals surface area (Å²) in [6.07, 6.45) is 6.60. The Labute approximate surface area is 57.9 Å². The van der Waals surface area contributed by atoms with Gasteiger partial charge >= 0.3 is 18.9 Å². The van der Waals surface area contributed by atoms with Crippen LogP contribution in [0.3, 0.4) is 0 Å². The number of hydrogen-bond donors (Lipinski definition) is 0. The van der Waals surface area contributed by atoms with Gasteiger partial charge in [-0.15, -0.1) is 0 Å². The fraction of sp³-hybridized carbons (Fsp3) is 0.667. The summed E-state index contributed by atoms with van der Waals surface area (Å²) in [5, 5.41) is 0. The van der Waals surface area contributed by atoms with Gasteiger partial charge in [-0.1, -0.05) is 20.8 Å². The standard InChI is InChI=1S/C6H9.Li/c1-5-6(2,3)4;/h2-4H3;/q-1;+1. The Kier molecular flexibility index (Phi) is 4.66. The van der Waals surface area contributed by atoms with Crippen LogP contribution in [0.25, 0.3) is 0 Å². The molecule has 0 atom stereocenters. The second kappa shape index (κ2) is 3.20. The zero-order valence-electron chi connectivity index (χ0n) is 5.50. The molecule has 7 heavy (non-hydrogen) atoms. The third kappa shape index (κ3) is 10.7. The molecule has 0 saturated carbocycles. The van der Waals surface area contributed by atoms with Crippen molar-refractivity contribution in [3.05, 3.63) is 6.42 Å². The van der Waals surface area contributed by atoms with Crippen molar-refractivity contribution >= 4 is 0 Å². The molecule has 0 aromatic rings. The average Bonchev–Trinajstić information content (AvgIpc) is 1.35. The van der Waals surface area contributed by atoms with Crippen LogP contribution in [0.1, 0.15) is 20.8 Å². The van der Waals surface area contributed by atoms with Crippen LogP contribution >= 0.6 is 0 Å². The van der Waals surface area contributed by atoms with Gasteiger partial charge in [-0.3, -0.25) is 0 Å². The monoisotopic (exact) mass is 88.1 g/mol. The molecule has 0 saturated heterocycles. The van der Waals surface area contributed by atoms with Crippen molar-refractivity contribution < 1.29 is 18.9 Å². The zero-order valence-corrected chi connectivity index (χ0v) is 5.50. The molecule has 0 aliphatic rings. The molecule has 0 aliphatic carbocycles. The van der Waals surface area contributed by atoms with Gasteiger partial charge in [-0.25, -0.2) is 0 Å². The predicted molar refractivity (Wildman–Crippen MR) is 26.6 cm³/mol. The Morgan fingerprint density at radius 3 is 1.43 bits per heavy atom. The second-order valence-electron chi connectivity index (χ2n) is 2.38. The van der Waals surface area contributed by atoms with Crippen molar-refractivity contribution in [2.45, 2.75) is 20.8 Å². The summed E-state index contributed by atoms with van der Waals surface area (Å²) in [6.45, 7) is 5.83. The van der Waals surface area contributed by atoms with Crippen LogP contribution in [0.4, 0.5) is 0 Å². The molecule has 0 N–H and O–H groups in total. The topological polar surface area (TPSA) is 0 Å². The summed E-state index contributed by atoms with van der Waals surface area (Å²) in [4.78, 5) is 0. The molecular weight excluding hydrogens is 79.0 g/mol. The van der Waals surface area contributed by atoms with Crippen LogP contribution in [0.2, 0.25) is 0 Å². The molecule has 0 bridgehead atoms. The van der Waals surface area contributed by atoms with E-state index in [1.165, 1.54) is 0 Å². The summed E-state index contributed by atoms with van der Waals surface area (Å²) in [5.41, 5.74) is -0.0417. The molecular formula is C6H9Li. The first-order chi connectivity index (χ1) is 2.56. The summed E-state index contributed by atoms with van der Waals surface area (Å²) in [6, 6.07) is 0. The van der Waals surface area contributed by atoms with E-state index in [0.29, 0.717) is 0 Å². The molecule has 1 heteroatoms. The summed E-state index contributed by atoms with van der Waals surface area (Å²) >= 11 is 0. The zero-order chi connectivity index (χ0) is 5.21. The van der Waals surface area contributed by atoms with E-state index < -0.39 is 0 Å². The van der Waals surface area contributed by atoms with E-state index in [-0.39, 0.29) is 24.3 Å². The smallest absolute Gasteiger partial charge is 0.693 e. The van der Waals surface area contributed by atoms with Gasteiger partial charge in [0.1, 0.15) is 0 Å². The maximum absolute atomic E-state index is 6.60. The Morgan fingerprint density at radius 2 is 1.43 bits per heavy atom. The first kappa shape index (κ1) is 10.2. The number of hydrogen-bond acceptors (Lipinski definition) is 0. The average molecular weight is 88.1 g/mol. The van der Waals surface area contributed by atoms with Crippen molar-refractivity contribution in [2.75, 3.05) is 0 Å². The van der Waals surface area contributed by atoms with E-state index in [1.807, 2.05) is 20.8 Å². The normalized spacial score (nSPS) is 8.86. The summed E-state index contributed by atoms with van der Waals surface area (Å²) in [5.74, 6) is 2.35. The maximum Gasteiger partial charge on any atom is 1.00 e. The van der Waals surface area contributed by atoms with E-state index in [4.69, 9.17) is 6.42 Å². The second-order valence-corrected chi connectivity index (χ2v) is 2.38. The molecule has 0 aromatic heterocycles. The summed E-state index contributed by atoms with van der Waals surface area (Å²) < 4.78 is 0. The Balaban J connectivity index is 0. The molecule has 0 heterocycles. The Hall–Kier alpha value is 0.157. The molecule has 0 nitrogen and oxygen atoms in total. The van der Waals surface area contributed by atoms with Crippen molar-refractivity contribution in [2.24, 2.45) is 5.41 Å². The third-order valence-electron chi connectivity index (χ3n) is 0.375. The van der Waals surface area contributed by atoms with E-state index in [1.54, 1.807) is 0 Å². The fourth-order valence-corrected chi connectivity index (χ4v) is 0. The number of rotatable bonds is 0. The van der Waals surface area contributed by atoms with Crippen molar-refractivity contribution in [3.63, 3.8) is 0 Å². The predicted octanol–water partition coefficient (Wildman–Crippen LogP) is -1.37. The van der Waals surface area contributed by atoms with Crippen LogP contribution in [-0.4, -0.2) is 0 Å². The van der Waals surface area contributed by atoms with Crippen LogP contribution in [0.15, 0.2) is 0 Å². The first-order valence-corrected chi connectivity index (χ1v) is 2.00. The van der Waals surface area contributed by atoms with Crippen LogP contribution in [-0.2, 0) is 0 Å². The minimum atomic E-state index is -0.0417. The third-order valence-corrected chi connectivity index (χ3v) is 0.375. The van der Waals surface area contributed by atoms with Gasteiger partial charge < -0.3 is 12.3 Å². The van der Waals surface area contributed by atoms with Gasteiger partial charge in [-0.2, -0.15) is 0 Å². The van der Waals surface area contributed by atoms with E-state index in [9.17, 15) is 0 Å². The molecule has 0 aromatic carbocycles. The molecule has 0 amide bonds. The van der Waals surface area contributed by atoms with Gasteiger partial charge in [0.2, 0.25) is 0 Å². The Bertz CT molecular complexity index is 71.2. The van der Waals surface area contributed by atoms with Gasteiger partial charge in [0, 0.05) is 0 Å². The fourth-order valence-electron chi connectivity index (χ4n) is 0. The van der Waals surface area contributed by atoms with Gasteiger partial charge in [0.05, 0.1) is 0 Å². The van der Waals surface area contributed by atoms with Gasteiger partial charge in [0.25, 0.3) is 0 Å². The first-order valence-electron chi connectivity index (χ1n) is 2.00. The molecule has 0 rings (SSSR count). The van der Waals surface area contributed by atoms with Crippen molar-refractivity contribution in [1.29, 1.82) is 0 Å². The molecule has 0 unspecified atom stereocenters. The quantitative estimate of drug-likeness (QED) is 0.195. The van der Waals surface area contributed by atoms with Crippen LogP contribution in [0, 0.1) is 17.8 Å². The molecule has 34 valence electrons. The van der Waals surface area contributed by atoms with E-state index in [2.05, 4.69) is 5.92 Å².